The molecule has 0 aliphatic rings. The van der Waals surface area contributed by atoms with Gasteiger partial charge >= 0.3 is 6.61 Å². The molecule has 24 heavy (non-hydrogen) atoms. The van der Waals surface area contributed by atoms with Crippen molar-refractivity contribution >= 4 is 29.1 Å². The number of aromatic nitrogens is 2. The molecule has 1 aromatic heterocycles. The minimum Gasteiger partial charge on any atom is -0.434 e. The normalized spacial score (nSPS) is 10.9. The molecule has 5 nitrogen and oxygen atoms in total. The molecule has 0 bridgehead atoms. The van der Waals surface area contributed by atoms with Gasteiger partial charge in [0.2, 0.25) is 0 Å². The van der Waals surface area contributed by atoms with E-state index in [4.69, 9.17) is 23.2 Å². The summed E-state index contributed by atoms with van der Waals surface area (Å²) >= 11 is 12.0. The maximum atomic E-state index is 12.3. The van der Waals surface area contributed by atoms with Crippen molar-refractivity contribution in [3.8, 4) is 5.75 Å². The molecular weight excluding hydrogens is 363 g/mol. The second kappa shape index (κ2) is 8.30. The van der Waals surface area contributed by atoms with E-state index in [-0.39, 0.29) is 11.3 Å². The first-order valence-corrected chi connectivity index (χ1v) is 7.86. The summed E-state index contributed by atoms with van der Waals surface area (Å²) < 4.78 is 30.6. The van der Waals surface area contributed by atoms with Crippen LogP contribution in [0.25, 0.3) is 0 Å². The number of halogens is 4. The number of hydrogen-bond acceptors (Lipinski definition) is 3. The Morgan fingerprint density at radius 3 is 2.71 bits per heavy atom. The van der Waals surface area contributed by atoms with Crippen LogP contribution in [0.2, 0.25) is 10.2 Å². The summed E-state index contributed by atoms with van der Waals surface area (Å²) in [4.78, 5) is 12.1. The van der Waals surface area contributed by atoms with Gasteiger partial charge in [0, 0.05) is 13.1 Å². The van der Waals surface area contributed by atoms with E-state index in [1.54, 1.807) is 17.7 Å². The van der Waals surface area contributed by atoms with E-state index in [1.165, 1.54) is 18.2 Å². The van der Waals surface area contributed by atoms with E-state index >= 15 is 0 Å². The van der Waals surface area contributed by atoms with Crippen LogP contribution in [0.5, 0.6) is 5.75 Å². The summed E-state index contributed by atoms with van der Waals surface area (Å²) in [5.41, 5.74) is 0.678. The third-order valence-electron chi connectivity index (χ3n) is 3.18. The number of carbonyl (C=O) groups excluding carboxylic acids is 1. The average Bonchev–Trinajstić information content (AvgIpc) is 2.78. The molecule has 0 saturated heterocycles. The van der Waals surface area contributed by atoms with Crippen LogP contribution in [0.3, 0.4) is 0 Å². The first kappa shape index (κ1) is 18.5. The number of alkyl halides is 2. The van der Waals surface area contributed by atoms with Crippen LogP contribution in [0.15, 0.2) is 24.3 Å². The Morgan fingerprint density at radius 1 is 1.38 bits per heavy atom. The summed E-state index contributed by atoms with van der Waals surface area (Å²) in [6.07, 6.45) is 0.542. The van der Waals surface area contributed by atoms with Crippen molar-refractivity contribution in [2.24, 2.45) is 0 Å². The molecule has 0 fully saturated rings. The topological polar surface area (TPSA) is 56.2 Å². The van der Waals surface area contributed by atoms with Crippen LogP contribution in [0.1, 0.15) is 22.5 Å². The number of nitrogens with zero attached hydrogens (tertiary/aromatic N) is 2. The first-order chi connectivity index (χ1) is 11.4. The number of ether oxygens (including phenoxy) is 1. The van der Waals surface area contributed by atoms with Gasteiger partial charge in [0.15, 0.2) is 0 Å². The Labute approximate surface area is 147 Å². The van der Waals surface area contributed by atoms with Crippen LogP contribution >= 0.6 is 23.2 Å². The molecule has 1 N–H and O–H groups in total. The quantitative estimate of drug-likeness (QED) is 0.743. The lowest BCUT2D eigenvalue weighted by atomic mass is 10.2. The van der Waals surface area contributed by atoms with Gasteiger partial charge in [-0.15, -0.1) is 0 Å². The van der Waals surface area contributed by atoms with Gasteiger partial charge < -0.3 is 10.1 Å². The highest BCUT2D eigenvalue weighted by Crippen LogP contribution is 2.25. The standard InChI is InChI=1S/C15H15Cl2F2N3O2/c1-9-12(16)13(17)22(21-9)8-4-7-20-14(23)10-5-2-3-6-11(10)24-15(18)19/h2-3,5-6,15H,4,7-8H2,1H3,(H,20,23). The van der Waals surface area contributed by atoms with E-state index in [1.807, 2.05) is 0 Å². The van der Waals surface area contributed by atoms with Gasteiger partial charge in [0.05, 0.1) is 11.3 Å². The third-order valence-corrected chi connectivity index (χ3v) is 4.11. The monoisotopic (exact) mass is 377 g/mol. The van der Waals surface area contributed by atoms with E-state index in [2.05, 4.69) is 15.2 Å². The molecule has 0 saturated carbocycles. The maximum absolute atomic E-state index is 12.3. The van der Waals surface area contributed by atoms with Crippen molar-refractivity contribution < 1.29 is 18.3 Å². The molecule has 0 radical (unpaired) electrons. The number of aryl methyl sites for hydroxylation is 2. The predicted molar refractivity (Wildman–Crippen MR) is 87.0 cm³/mol. The van der Waals surface area contributed by atoms with Crippen LogP contribution in [-0.4, -0.2) is 28.8 Å². The van der Waals surface area contributed by atoms with Crippen LogP contribution in [0, 0.1) is 6.92 Å². The molecule has 0 aliphatic heterocycles. The molecule has 0 aliphatic carbocycles. The van der Waals surface area contributed by atoms with Crippen molar-refractivity contribution in [1.82, 2.24) is 15.1 Å². The largest absolute Gasteiger partial charge is 0.434 e. The summed E-state index contributed by atoms with van der Waals surface area (Å²) in [7, 11) is 0. The van der Waals surface area contributed by atoms with E-state index in [0.29, 0.717) is 35.4 Å². The number of carbonyl (C=O) groups is 1. The number of benzene rings is 1. The fourth-order valence-corrected chi connectivity index (χ4v) is 2.45. The van der Waals surface area contributed by atoms with Crippen LogP contribution < -0.4 is 10.1 Å². The first-order valence-electron chi connectivity index (χ1n) is 7.10. The number of rotatable bonds is 7. The number of hydrogen-bond donors (Lipinski definition) is 1. The predicted octanol–water partition coefficient (Wildman–Crippen LogP) is 3.92. The highest BCUT2D eigenvalue weighted by Gasteiger charge is 2.15. The molecule has 2 rings (SSSR count). The van der Waals surface area contributed by atoms with Gasteiger partial charge in [0.25, 0.3) is 5.91 Å². The van der Waals surface area contributed by atoms with Crippen molar-refractivity contribution in [1.29, 1.82) is 0 Å². The fraction of sp³-hybridized carbons (Fsp3) is 0.333. The Bertz CT molecular complexity index is 723. The fourth-order valence-electron chi connectivity index (χ4n) is 2.06. The van der Waals surface area contributed by atoms with E-state index < -0.39 is 12.5 Å². The van der Waals surface area contributed by atoms with Crippen LogP contribution in [0.4, 0.5) is 8.78 Å². The summed E-state index contributed by atoms with van der Waals surface area (Å²) in [6.45, 7) is -0.475. The molecule has 0 spiro atoms. The molecular formula is C15H15Cl2F2N3O2. The Morgan fingerprint density at radius 2 is 2.08 bits per heavy atom. The van der Waals surface area contributed by atoms with Crippen molar-refractivity contribution in [3.63, 3.8) is 0 Å². The van der Waals surface area contributed by atoms with Crippen molar-refractivity contribution in [3.05, 3.63) is 45.7 Å². The molecule has 1 heterocycles. The lowest BCUT2D eigenvalue weighted by molar-refractivity contribution is -0.0501. The smallest absolute Gasteiger partial charge is 0.387 e. The molecule has 1 amide bonds. The molecule has 9 heteroatoms. The highest BCUT2D eigenvalue weighted by molar-refractivity contribution is 6.41. The van der Waals surface area contributed by atoms with Crippen LogP contribution in [-0.2, 0) is 6.54 Å². The van der Waals surface area contributed by atoms with Gasteiger partial charge in [-0.25, -0.2) is 0 Å². The van der Waals surface area contributed by atoms with E-state index in [0.717, 1.165) is 0 Å². The maximum Gasteiger partial charge on any atom is 0.387 e. The Hall–Kier alpha value is -1.86. The van der Waals surface area contributed by atoms with Gasteiger partial charge in [-0.1, -0.05) is 35.3 Å². The molecule has 130 valence electrons. The minimum absolute atomic E-state index is 0.0498. The zero-order chi connectivity index (χ0) is 17.7. The zero-order valence-corrected chi connectivity index (χ0v) is 14.2. The average molecular weight is 378 g/mol. The van der Waals surface area contributed by atoms with E-state index in [9.17, 15) is 13.6 Å². The molecule has 1 aromatic carbocycles. The minimum atomic E-state index is -2.99. The molecule has 0 atom stereocenters. The second-order valence-electron chi connectivity index (χ2n) is 4.90. The van der Waals surface area contributed by atoms with Gasteiger partial charge in [0.1, 0.15) is 15.9 Å². The zero-order valence-electron chi connectivity index (χ0n) is 12.7. The number of para-hydroxylation sites is 1. The van der Waals surface area contributed by atoms with Crippen molar-refractivity contribution in [2.45, 2.75) is 26.5 Å². The summed E-state index contributed by atoms with van der Waals surface area (Å²) in [5.74, 6) is -0.658. The SMILES string of the molecule is Cc1nn(CCCNC(=O)c2ccccc2OC(F)F)c(Cl)c1Cl. The number of nitrogens with one attached hydrogen (secondary N) is 1. The summed E-state index contributed by atoms with van der Waals surface area (Å²) in [6, 6.07) is 5.82. The Kier molecular flexibility index (Phi) is 6.39. The van der Waals surface area contributed by atoms with Gasteiger partial charge in [-0.2, -0.15) is 13.9 Å². The van der Waals surface area contributed by atoms with Crippen molar-refractivity contribution in [2.75, 3.05) is 6.54 Å². The highest BCUT2D eigenvalue weighted by atomic mass is 35.5. The lowest BCUT2D eigenvalue weighted by Crippen LogP contribution is -2.26. The summed E-state index contributed by atoms with van der Waals surface area (Å²) in [5, 5.41) is 7.56. The van der Waals surface area contributed by atoms with Gasteiger partial charge in [-0.05, 0) is 25.5 Å². The number of amides is 1. The third kappa shape index (κ3) is 4.58. The lowest BCUT2D eigenvalue weighted by Gasteiger charge is -2.11. The molecule has 0 unspecified atom stereocenters. The van der Waals surface area contributed by atoms with Gasteiger partial charge in [-0.3, -0.25) is 9.48 Å². The second-order valence-corrected chi connectivity index (χ2v) is 5.63. The Balaban J connectivity index is 1.88. The molecule has 2 aromatic rings.